The van der Waals surface area contributed by atoms with Crippen molar-refractivity contribution in [3.63, 3.8) is 0 Å². The summed E-state index contributed by atoms with van der Waals surface area (Å²) in [5.41, 5.74) is 7.11. The van der Waals surface area contributed by atoms with Crippen LogP contribution >= 0.6 is 0 Å². The van der Waals surface area contributed by atoms with E-state index in [0.29, 0.717) is 22.3 Å². The third-order valence-corrected chi connectivity index (χ3v) is 10.8. The maximum absolute atomic E-state index is 13.7. The van der Waals surface area contributed by atoms with Gasteiger partial charge in [0, 0.05) is 10.8 Å². The zero-order valence-electron chi connectivity index (χ0n) is 28.5. The van der Waals surface area contributed by atoms with Crippen molar-refractivity contribution in [1.29, 1.82) is 0 Å². The number of rotatable bonds is 3. The van der Waals surface area contributed by atoms with Crippen molar-refractivity contribution < 1.29 is 8.83 Å². The van der Waals surface area contributed by atoms with Gasteiger partial charge in [-0.2, -0.15) is 0 Å². The normalized spacial score (nSPS) is 11.8. The number of hydrogen-bond acceptors (Lipinski definition) is 4. The van der Waals surface area contributed by atoms with E-state index in [2.05, 4.69) is 60.7 Å². The Morgan fingerprint density at radius 3 is 1.12 bits per heavy atom. The Morgan fingerprint density at radius 2 is 0.692 bits per heavy atom. The molecule has 2 aromatic heterocycles. The van der Waals surface area contributed by atoms with Gasteiger partial charge in [-0.25, -0.2) is 9.59 Å². The monoisotopic (exact) mass is 670 g/mol. The molecule has 0 unspecified atom stereocenters. The molecule has 0 radical (unpaired) electrons. The second-order valence-corrected chi connectivity index (χ2v) is 13.5. The first kappa shape index (κ1) is 30.1. The van der Waals surface area contributed by atoms with Crippen molar-refractivity contribution in [1.82, 2.24) is 0 Å². The fourth-order valence-corrected chi connectivity index (χ4v) is 8.45. The summed E-state index contributed by atoms with van der Waals surface area (Å²) in [6.07, 6.45) is 0. The lowest BCUT2D eigenvalue weighted by Gasteiger charge is -2.16. The van der Waals surface area contributed by atoms with Gasteiger partial charge in [-0.05, 0) is 102 Å². The fraction of sp³-hybridized carbons (Fsp3) is 0.0417. The van der Waals surface area contributed by atoms with Gasteiger partial charge < -0.3 is 8.83 Å². The van der Waals surface area contributed by atoms with Gasteiger partial charge in [0.05, 0.1) is 11.1 Å². The lowest BCUT2D eigenvalue weighted by molar-refractivity contribution is 0.562. The molecule has 52 heavy (non-hydrogen) atoms. The number of aryl methyl sites for hydroxylation is 2. The van der Waals surface area contributed by atoms with E-state index < -0.39 is 0 Å². The second kappa shape index (κ2) is 11.4. The third kappa shape index (κ3) is 4.34. The minimum Gasteiger partial charge on any atom is -0.422 e. The van der Waals surface area contributed by atoms with Crippen LogP contribution < -0.4 is 11.3 Å². The van der Waals surface area contributed by atoms with Crippen LogP contribution in [0.25, 0.3) is 98.4 Å². The van der Waals surface area contributed by atoms with Gasteiger partial charge in [0.1, 0.15) is 11.2 Å². The zero-order chi connectivity index (χ0) is 35.1. The first-order valence-corrected chi connectivity index (χ1v) is 17.4. The van der Waals surface area contributed by atoms with Crippen LogP contribution in [0.5, 0.6) is 0 Å². The largest absolute Gasteiger partial charge is 0.422 e. The maximum atomic E-state index is 13.7. The van der Waals surface area contributed by atoms with Crippen LogP contribution in [0.15, 0.2) is 164 Å². The highest BCUT2D eigenvalue weighted by Gasteiger charge is 2.21. The Bertz CT molecular complexity index is 3030. The molecule has 0 bridgehead atoms. The van der Waals surface area contributed by atoms with E-state index in [1.165, 1.54) is 0 Å². The van der Waals surface area contributed by atoms with Crippen LogP contribution in [0.2, 0.25) is 0 Å². The van der Waals surface area contributed by atoms with Crippen molar-refractivity contribution in [2.24, 2.45) is 0 Å². The Labute approximate surface area is 297 Å². The standard InChI is InChI=1S/C48H30O4/c1-27-43-31-13-5-3-11-29(31)23-25-41(43)51-47(49)45(27)39-21-9-17-35-33(15-7-19-37(35)39)34-16-8-20-38-36(34)18-10-22-40(38)46-28(2)44-32-14-6-4-12-30(32)24-26-42(44)52-48(46)50/h3-26H,1-2H3. The third-order valence-electron chi connectivity index (χ3n) is 10.8. The van der Waals surface area contributed by atoms with E-state index in [-0.39, 0.29) is 11.3 Å². The highest BCUT2D eigenvalue weighted by atomic mass is 16.4. The molecule has 4 heteroatoms. The van der Waals surface area contributed by atoms with Crippen molar-refractivity contribution in [3.8, 4) is 33.4 Å². The predicted octanol–water partition coefficient (Wildman–Crippen LogP) is 12.1. The van der Waals surface area contributed by atoms with E-state index in [4.69, 9.17) is 8.83 Å². The van der Waals surface area contributed by atoms with Gasteiger partial charge in [0.25, 0.3) is 0 Å². The quantitative estimate of drug-likeness (QED) is 0.139. The predicted molar refractivity (Wildman–Crippen MR) is 214 cm³/mol. The van der Waals surface area contributed by atoms with Gasteiger partial charge in [0.2, 0.25) is 0 Å². The summed E-state index contributed by atoms with van der Waals surface area (Å²) in [7, 11) is 0. The molecule has 0 N–H and O–H groups in total. The molecular formula is C48H30O4. The van der Waals surface area contributed by atoms with E-state index >= 15 is 0 Å². The Balaban J connectivity index is 1.20. The van der Waals surface area contributed by atoms with Crippen LogP contribution in [0.3, 0.4) is 0 Å². The molecule has 0 spiro atoms. The summed E-state index contributed by atoms with van der Waals surface area (Å²) < 4.78 is 12.0. The van der Waals surface area contributed by atoms with Gasteiger partial charge >= 0.3 is 11.3 Å². The van der Waals surface area contributed by atoms with Crippen molar-refractivity contribution in [2.75, 3.05) is 0 Å². The van der Waals surface area contributed by atoms with E-state index in [0.717, 1.165) is 87.2 Å². The van der Waals surface area contributed by atoms with Crippen molar-refractivity contribution >= 4 is 65.0 Å². The Kier molecular flexibility index (Phi) is 6.58. The summed E-state index contributed by atoms with van der Waals surface area (Å²) in [4.78, 5) is 27.5. The number of benzene rings is 8. The molecule has 10 aromatic rings. The molecule has 0 saturated heterocycles. The summed E-state index contributed by atoms with van der Waals surface area (Å²) >= 11 is 0. The first-order valence-electron chi connectivity index (χ1n) is 17.4. The van der Waals surface area contributed by atoms with Crippen LogP contribution in [-0.2, 0) is 0 Å². The molecule has 10 rings (SSSR count). The fourth-order valence-electron chi connectivity index (χ4n) is 8.45. The Morgan fingerprint density at radius 1 is 0.346 bits per heavy atom. The molecule has 0 fully saturated rings. The molecule has 0 atom stereocenters. The highest BCUT2D eigenvalue weighted by Crippen LogP contribution is 2.42. The summed E-state index contributed by atoms with van der Waals surface area (Å²) in [6, 6.07) is 48.9. The average Bonchev–Trinajstić information content (AvgIpc) is 3.17. The van der Waals surface area contributed by atoms with Crippen molar-refractivity contribution in [3.05, 3.63) is 178 Å². The molecule has 0 aliphatic rings. The molecule has 2 heterocycles. The lowest BCUT2D eigenvalue weighted by atomic mass is 9.87. The van der Waals surface area contributed by atoms with Crippen LogP contribution in [0.4, 0.5) is 0 Å². The molecule has 4 nitrogen and oxygen atoms in total. The maximum Gasteiger partial charge on any atom is 0.344 e. The van der Waals surface area contributed by atoms with E-state index in [1.807, 2.05) is 98.8 Å². The van der Waals surface area contributed by atoms with Crippen LogP contribution in [0, 0.1) is 13.8 Å². The summed E-state index contributed by atoms with van der Waals surface area (Å²) in [6.45, 7) is 4.04. The molecule has 0 amide bonds. The number of fused-ring (bicyclic) bond motifs is 8. The minimum absolute atomic E-state index is 0.356. The van der Waals surface area contributed by atoms with Gasteiger partial charge in [-0.15, -0.1) is 0 Å². The highest BCUT2D eigenvalue weighted by molar-refractivity contribution is 6.15. The SMILES string of the molecule is Cc1c(-c2cccc3c(-c4cccc5c(-c6c(C)c7c(ccc8ccccc87)oc6=O)cccc45)cccc23)c(=O)oc2ccc3ccccc3c12. The van der Waals surface area contributed by atoms with Crippen LogP contribution in [-0.4, -0.2) is 0 Å². The summed E-state index contributed by atoms with van der Waals surface area (Å²) in [5, 5.41) is 10.1. The van der Waals surface area contributed by atoms with Gasteiger partial charge in [0.15, 0.2) is 0 Å². The lowest BCUT2D eigenvalue weighted by Crippen LogP contribution is -2.07. The molecular weight excluding hydrogens is 641 g/mol. The number of hydrogen-bond donors (Lipinski definition) is 0. The molecule has 0 aliphatic heterocycles. The van der Waals surface area contributed by atoms with E-state index in [1.54, 1.807) is 0 Å². The average molecular weight is 671 g/mol. The zero-order valence-corrected chi connectivity index (χ0v) is 28.5. The molecule has 0 saturated carbocycles. The Hall–Kier alpha value is -6.78. The van der Waals surface area contributed by atoms with E-state index in [9.17, 15) is 9.59 Å². The molecule has 8 aromatic carbocycles. The smallest absolute Gasteiger partial charge is 0.344 e. The molecule has 246 valence electrons. The van der Waals surface area contributed by atoms with Crippen LogP contribution in [0.1, 0.15) is 11.1 Å². The minimum atomic E-state index is -0.356. The topological polar surface area (TPSA) is 60.4 Å². The van der Waals surface area contributed by atoms with Gasteiger partial charge in [-0.1, -0.05) is 133 Å². The second-order valence-electron chi connectivity index (χ2n) is 13.5. The first-order chi connectivity index (χ1) is 25.5. The summed E-state index contributed by atoms with van der Waals surface area (Å²) in [5.74, 6) is 0. The molecule has 0 aliphatic carbocycles. The van der Waals surface area contributed by atoms with Crippen molar-refractivity contribution in [2.45, 2.75) is 13.8 Å². The van der Waals surface area contributed by atoms with Gasteiger partial charge in [-0.3, -0.25) is 0 Å².